The summed E-state index contributed by atoms with van der Waals surface area (Å²) < 4.78 is 14.1. The summed E-state index contributed by atoms with van der Waals surface area (Å²) in [5.41, 5.74) is -1.60. The number of nitrogens with one attached hydrogen (secondary N) is 1. The highest BCUT2D eigenvalue weighted by atomic mass is 35.5. The molecule has 0 radical (unpaired) electrons. The van der Waals surface area contributed by atoms with Gasteiger partial charge in [-0.2, -0.15) is 0 Å². The first-order valence-electron chi connectivity index (χ1n) is 13.5. The molecule has 2 aromatic rings. The maximum atomic E-state index is 14.1. The smallest absolute Gasteiger partial charge is 0.336 e. The van der Waals surface area contributed by atoms with E-state index in [2.05, 4.69) is 10.2 Å². The summed E-state index contributed by atoms with van der Waals surface area (Å²) in [6.07, 6.45) is -0.858. The van der Waals surface area contributed by atoms with Gasteiger partial charge in [-0.1, -0.05) is 11.6 Å². The average Bonchev–Trinajstić information content (AvgIpc) is 3.11. The molecule has 1 fully saturated rings. The fourth-order valence-electron chi connectivity index (χ4n) is 5.98. The number of benzene rings is 2. The van der Waals surface area contributed by atoms with E-state index in [4.69, 9.17) is 16.7 Å². The lowest BCUT2D eigenvalue weighted by atomic mass is 9.73. The molecule has 42 heavy (non-hydrogen) atoms. The van der Waals surface area contributed by atoms with Gasteiger partial charge in [0.2, 0.25) is 11.8 Å². The largest absolute Gasteiger partial charge is 0.508 e. The van der Waals surface area contributed by atoms with Gasteiger partial charge in [0, 0.05) is 30.8 Å². The Bertz CT molecular complexity index is 1400. The number of rotatable bonds is 11. The minimum atomic E-state index is -2.77. The highest BCUT2D eigenvalue weighted by Crippen LogP contribution is 2.47. The minimum absolute atomic E-state index is 0.00653. The molecule has 0 bridgehead atoms. The van der Waals surface area contributed by atoms with Crippen LogP contribution in [0.5, 0.6) is 5.75 Å². The SMILES string of the molecule is CN1C(=O)C2(CCN(CC(CNC(=O)CC(O)(CC(=O)O)C(=O)O)Cc3cc(O)ccc3Cl)CC2)c2cc(F)ccc21. The number of likely N-dealkylation sites (N-methyl/N-ethyl adjacent to an activating group) is 1. The van der Waals surface area contributed by atoms with Crippen molar-refractivity contribution < 1.29 is 44.0 Å². The highest BCUT2D eigenvalue weighted by Gasteiger charge is 2.51. The number of fused-ring (bicyclic) bond motifs is 2. The van der Waals surface area contributed by atoms with Gasteiger partial charge in [0.05, 0.1) is 18.3 Å². The van der Waals surface area contributed by atoms with E-state index < -0.39 is 47.5 Å². The molecule has 1 spiro atoms. The number of carbonyl (C=O) groups is 4. The van der Waals surface area contributed by atoms with Crippen molar-refractivity contribution in [2.75, 3.05) is 38.1 Å². The zero-order valence-corrected chi connectivity index (χ0v) is 23.7. The van der Waals surface area contributed by atoms with Gasteiger partial charge in [-0.3, -0.25) is 14.4 Å². The van der Waals surface area contributed by atoms with Crippen LogP contribution in [0.4, 0.5) is 10.1 Å². The molecule has 2 unspecified atom stereocenters. The molecule has 226 valence electrons. The predicted octanol–water partition coefficient (Wildman–Crippen LogP) is 2.15. The van der Waals surface area contributed by atoms with Crippen LogP contribution < -0.4 is 10.2 Å². The highest BCUT2D eigenvalue weighted by molar-refractivity contribution is 6.31. The van der Waals surface area contributed by atoms with Gasteiger partial charge in [-0.25, -0.2) is 9.18 Å². The number of phenolic OH excluding ortho intramolecular Hbond substituents is 1. The number of piperidine rings is 1. The van der Waals surface area contributed by atoms with E-state index in [9.17, 15) is 38.9 Å². The zero-order chi connectivity index (χ0) is 30.8. The van der Waals surface area contributed by atoms with E-state index in [-0.39, 0.29) is 24.1 Å². The fraction of sp³-hybridized carbons (Fsp3) is 0.448. The molecule has 5 N–H and O–H groups in total. The molecule has 11 nitrogen and oxygen atoms in total. The molecule has 2 amide bonds. The van der Waals surface area contributed by atoms with E-state index in [1.165, 1.54) is 24.3 Å². The van der Waals surface area contributed by atoms with Crippen LogP contribution in [-0.4, -0.2) is 87.9 Å². The summed E-state index contributed by atoms with van der Waals surface area (Å²) in [6, 6.07) is 8.88. The molecule has 2 aliphatic heterocycles. The second kappa shape index (κ2) is 12.2. The van der Waals surface area contributed by atoms with Gasteiger partial charge < -0.3 is 35.5 Å². The molecule has 0 aromatic heterocycles. The van der Waals surface area contributed by atoms with Crippen LogP contribution in [0.1, 0.15) is 36.8 Å². The third kappa shape index (κ3) is 6.50. The number of aromatic hydroxyl groups is 1. The fourth-order valence-corrected chi connectivity index (χ4v) is 6.17. The Morgan fingerprint density at radius 1 is 1.12 bits per heavy atom. The second-order valence-corrected chi connectivity index (χ2v) is 11.5. The maximum absolute atomic E-state index is 14.1. The minimum Gasteiger partial charge on any atom is -0.508 e. The van der Waals surface area contributed by atoms with Crippen LogP contribution in [0.3, 0.4) is 0 Å². The standard InChI is InChI=1S/C29H33ClFN3O8/c1-33-23-5-2-19(31)12-21(23)28(26(33)39)6-8-34(9-7-28)16-17(10-18-11-20(35)3-4-22(18)30)15-32-24(36)13-29(42,27(40)41)14-25(37)38/h2-5,11-12,17,35,42H,6-10,13-16H2,1H3,(H,32,36)(H,37,38)(H,40,41). The van der Waals surface area contributed by atoms with Crippen molar-refractivity contribution in [1.29, 1.82) is 0 Å². The van der Waals surface area contributed by atoms with Crippen LogP contribution in [0.15, 0.2) is 36.4 Å². The van der Waals surface area contributed by atoms with Crippen molar-refractivity contribution in [2.45, 2.75) is 43.1 Å². The predicted molar refractivity (Wildman–Crippen MR) is 150 cm³/mol. The first-order valence-corrected chi connectivity index (χ1v) is 13.8. The van der Waals surface area contributed by atoms with Crippen molar-refractivity contribution in [1.82, 2.24) is 10.2 Å². The first-order chi connectivity index (χ1) is 19.7. The van der Waals surface area contributed by atoms with Gasteiger partial charge in [0.15, 0.2) is 5.60 Å². The number of likely N-dealkylation sites (tertiary alicyclic amines) is 1. The lowest BCUT2D eigenvalue weighted by Crippen LogP contribution is -2.50. The van der Waals surface area contributed by atoms with Gasteiger partial charge in [0.25, 0.3) is 0 Å². The Hall–Kier alpha value is -3.74. The van der Waals surface area contributed by atoms with Gasteiger partial charge in [-0.15, -0.1) is 0 Å². The molecule has 1 saturated heterocycles. The molecule has 2 aromatic carbocycles. The van der Waals surface area contributed by atoms with Crippen molar-refractivity contribution >= 4 is 41.0 Å². The number of phenols is 1. The van der Waals surface area contributed by atoms with E-state index in [0.717, 1.165) is 0 Å². The Kier molecular flexibility index (Phi) is 9.09. The Morgan fingerprint density at radius 3 is 2.45 bits per heavy atom. The van der Waals surface area contributed by atoms with Gasteiger partial charge in [0.1, 0.15) is 11.6 Å². The number of carboxylic acid groups (broad SMARTS) is 2. The lowest BCUT2D eigenvalue weighted by molar-refractivity contribution is -0.167. The number of aliphatic hydroxyl groups is 1. The number of anilines is 1. The molecule has 0 saturated carbocycles. The summed E-state index contributed by atoms with van der Waals surface area (Å²) in [5, 5.41) is 41.5. The average molecular weight is 606 g/mol. The quantitative estimate of drug-likeness (QED) is 0.258. The summed E-state index contributed by atoms with van der Waals surface area (Å²) in [5.74, 6) is -5.01. The van der Waals surface area contributed by atoms with E-state index in [1.807, 2.05) is 0 Å². The van der Waals surface area contributed by atoms with E-state index in [1.54, 1.807) is 24.1 Å². The number of hydrogen-bond acceptors (Lipinski definition) is 7. The lowest BCUT2D eigenvalue weighted by Gasteiger charge is -2.39. The number of carbonyl (C=O) groups excluding carboxylic acids is 2. The van der Waals surface area contributed by atoms with Gasteiger partial charge in [-0.05, 0) is 85.8 Å². The summed E-state index contributed by atoms with van der Waals surface area (Å²) in [6.45, 7) is 1.47. The topological polar surface area (TPSA) is 168 Å². The van der Waals surface area contributed by atoms with Gasteiger partial charge >= 0.3 is 11.9 Å². The van der Waals surface area contributed by atoms with Crippen molar-refractivity contribution in [3.8, 4) is 5.75 Å². The number of amides is 2. The molecular weight excluding hydrogens is 573 g/mol. The van der Waals surface area contributed by atoms with Crippen molar-refractivity contribution in [3.05, 3.63) is 58.4 Å². The first kappa shape index (κ1) is 31.2. The Morgan fingerprint density at radius 2 is 1.81 bits per heavy atom. The molecule has 4 rings (SSSR count). The zero-order valence-electron chi connectivity index (χ0n) is 23.0. The number of hydrogen-bond donors (Lipinski definition) is 5. The summed E-state index contributed by atoms with van der Waals surface area (Å²) in [4.78, 5) is 52.1. The second-order valence-electron chi connectivity index (χ2n) is 11.1. The van der Waals surface area contributed by atoms with Crippen molar-refractivity contribution in [2.24, 2.45) is 5.92 Å². The molecule has 2 atom stereocenters. The Balaban J connectivity index is 1.47. The summed E-state index contributed by atoms with van der Waals surface area (Å²) in [7, 11) is 1.68. The molecule has 2 aliphatic rings. The Labute approximate surface area is 246 Å². The third-order valence-electron chi connectivity index (χ3n) is 8.20. The number of halogens is 2. The third-order valence-corrected chi connectivity index (χ3v) is 8.56. The van der Waals surface area contributed by atoms with E-state index >= 15 is 0 Å². The number of aliphatic carboxylic acids is 2. The summed E-state index contributed by atoms with van der Waals surface area (Å²) >= 11 is 6.35. The van der Waals surface area contributed by atoms with Crippen LogP contribution >= 0.6 is 11.6 Å². The number of nitrogens with zero attached hydrogens (tertiary/aromatic N) is 2. The molecule has 2 heterocycles. The van der Waals surface area contributed by atoms with Crippen LogP contribution in [0.2, 0.25) is 5.02 Å². The monoisotopic (exact) mass is 605 g/mol. The van der Waals surface area contributed by atoms with Crippen molar-refractivity contribution in [3.63, 3.8) is 0 Å². The van der Waals surface area contributed by atoms with E-state index in [0.29, 0.717) is 60.7 Å². The van der Waals surface area contributed by atoms with Crippen LogP contribution in [0.25, 0.3) is 0 Å². The molecule has 0 aliphatic carbocycles. The van der Waals surface area contributed by atoms with Crippen LogP contribution in [0, 0.1) is 11.7 Å². The molecule has 13 heteroatoms. The normalized spacial score (nSPS) is 18.4. The maximum Gasteiger partial charge on any atom is 0.336 e. The molecular formula is C29H33ClFN3O8. The number of carboxylic acids is 2. The van der Waals surface area contributed by atoms with Crippen LogP contribution in [-0.2, 0) is 31.0 Å².